The molecule has 1 aliphatic rings. The molecular weight excluding hydrogens is 294 g/mol. The molecule has 0 aliphatic carbocycles. The molecule has 3 amide bonds. The van der Waals surface area contributed by atoms with Crippen molar-refractivity contribution in [2.45, 2.75) is 25.8 Å². The average Bonchev–Trinajstić information content (AvgIpc) is 3.01. The molecule has 0 radical (unpaired) electrons. The normalized spacial score (nSPS) is 18.2. The van der Waals surface area contributed by atoms with Crippen LogP contribution in [0.2, 0.25) is 0 Å². The van der Waals surface area contributed by atoms with Gasteiger partial charge in [0.2, 0.25) is 17.7 Å². The lowest BCUT2D eigenvalue weighted by atomic mass is 10.0. The second-order valence-electron chi connectivity index (χ2n) is 5.66. The Hall–Kier alpha value is -2.37. The molecule has 1 aromatic carbocycles. The van der Waals surface area contributed by atoms with Gasteiger partial charge in [0.05, 0.1) is 6.04 Å². The van der Waals surface area contributed by atoms with E-state index in [1.807, 2.05) is 37.3 Å². The van der Waals surface area contributed by atoms with Crippen LogP contribution in [0.25, 0.3) is 0 Å². The molecule has 1 heterocycles. The first-order valence-electron chi connectivity index (χ1n) is 7.90. The Morgan fingerprint density at radius 1 is 1.35 bits per heavy atom. The molecule has 1 fully saturated rings. The highest BCUT2D eigenvalue weighted by molar-refractivity contribution is 6.01. The van der Waals surface area contributed by atoms with Gasteiger partial charge in [0.15, 0.2) is 0 Å². The number of hydrogen-bond acceptors (Lipinski definition) is 3. The number of nitrogens with one attached hydrogen (secondary N) is 2. The van der Waals surface area contributed by atoms with Gasteiger partial charge in [-0.15, -0.1) is 0 Å². The van der Waals surface area contributed by atoms with Gasteiger partial charge < -0.3 is 15.5 Å². The number of likely N-dealkylation sites (N-methyl/N-ethyl adjacent to an activating group) is 1. The Kier molecular flexibility index (Phi) is 5.73. The SMILES string of the molecule is CCC(=O)N(C)C(CNC(=O)C1CCNC1=O)c1ccccc1. The van der Waals surface area contributed by atoms with Crippen LogP contribution in [0.5, 0.6) is 0 Å². The molecule has 23 heavy (non-hydrogen) atoms. The van der Waals surface area contributed by atoms with Crippen molar-refractivity contribution in [3.63, 3.8) is 0 Å². The lowest BCUT2D eigenvalue weighted by molar-refractivity contribution is -0.135. The predicted molar refractivity (Wildman–Crippen MR) is 86.4 cm³/mol. The lowest BCUT2D eigenvalue weighted by Crippen LogP contribution is -2.42. The Morgan fingerprint density at radius 3 is 2.61 bits per heavy atom. The maximum Gasteiger partial charge on any atom is 0.232 e. The molecule has 124 valence electrons. The summed E-state index contributed by atoms with van der Waals surface area (Å²) in [6.07, 6.45) is 0.920. The number of nitrogens with zero attached hydrogens (tertiary/aromatic N) is 1. The van der Waals surface area contributed by atoms with Gasteiger partial charge in [-0.3, -0.25) is 14.4 Å². The van der Waals surface area contributed by atoms with Gasteiger partial charge in [-0.05, 0) is 12.0 Å². The van der Waals surface area contributed by atoms with Crippen molar-refractivity contribution in [2.75, 3.05) is 20.1 Å². The summed E-state index contributed by atoms with van der Waals surface area (Å²) in [6, 6.07) is 9.32. The molecule has 0 spiro atoms. The van der Waals surface area contributed by atoms with E-state index in [0.717, 1.165) is 5.56 Å². The summed E-state index contributed by atoms with van der Waals surface area (Å²) >= 11 is 0. The minimum Gasteiger partial charge on any atom is -0.355 e. The minimum atomic E-state index is -0.626. The summed E-state index contributed by atoms with van der Waals surface area (Å²) in [5.41, 5.74) is 0.952. The van der Waals surface area contributed by atoms with Crippen LogP contribution in [0.1, 0.15) is 31.4 Å². The number of carbonyl (C=O) groups excluding carboxylic acids is 3. The average molecular weight is 317 g/mol. The third kappa shape index (κ3) is 4.09. The van der Waals surface area contributed by atoms with E-state index in [0.29, 0.717) is 19.4 Å². The van der Waals surface area contributed by atoms with E-state index in [2.05, 4.69) is 10.6 Å². The first-order chi connectivity index (χ1) is 11.0. The minimum absolute atomic E-state index is 0.00621. The fourth-order valence-electron chi connectivity index (χ4n) is 2.74. The van der Waals surface area contributed by atoms with Crippen LogP contribution < -0.4 is 10.6 Å². The van der Waals surface area contributed by atoms with Crippen molar-refractivity contribution in [1.82, 2.24) is 15.5 Å². The standard InChI is InChI=1S/C17H23N3O3/c1-3-15(21)20(2)14(12-7-5-4-6-8-12)11-19-17(23)13-9-10-18-16(13)22/h4-8,13-14H,3,9-11H2,1-2H3,(H,18,22)(H,19,23). The molecule has 0 bridgehead atoms. The van der Waals surface area contributed by atoms with Crippen molar-refractivity contribution < 1.29 is 14.4 Å². The summed E-state index contributed by atoms with van der Waals surface area (Å²) in [6.45, 7) is 2.63. The molecule has 2 N–H and O–H groups in total. The van der Waals surface area contributed by atoms with Crippen LogP contribution in [0.4, 0.5) is 0 Å². The zero-order valence-corrected chi connectivity index (χ0v) is 13.5. The van der Waals surface area contributed by atoms with Crippen LogP contribution in [0, 0.1) is 5.92 Å². The van der Waals surface area contributed by atoms with Gasteiger partial charge >= 0.3 is 0 Å². The highest BCUT2D eigenvalue weighted by atomic mass is 16.2. The number of amides is 3. The number of hydrogen-bond donors (Lipinski definition) is 2. The summed E-state index contributed by atoms with van der Waals surface area (Å²) in [4.78, 5) is 37.4. The quantitative estimate of drug-likeness (QED) is 0.764. The molecule has 6 heteroatoms. The fraction of sp³-hybridized carbons (Fsp3) is 0.471. The van der Waals surface area contributed by atoms with Crippen molar-refractivity contribution >= 4 is 17.7 Å². The van der Waals surface area contributed by atoms with E-state index in [-0.39, 0.29) is 30.3 Å². The molecule has 2 rings (SSSR count). The van der Waals surface area contributed by atoms with Crippen molar-refractivity contribution in [3.8, 4) is 0 Å². The van der Waals surface area contributed by atoms with Crippen molar-refractivity contribution in [3.05, 3.63) is 35.9 Å². The van der Waals surface area contributed by atoms with Crippen LogP contribution in [-0.2, 0) is 14.4 Å². The Morgan fingerprint density at radius 2 is 2.04 bits per heavy atom. The molecule has 2 unspecified atom stereocenters. The van der Waals surface area contributed by atoms with Crippen LogP contribution in [0.3, 0.4) is 0 Å². The number of carbonyl (C=O) groups is 3. The topological polar surface area (TPSA) is 78.5 Å². The summed E-state index contributed by atoms with van der Waals surface area (Å²) < 4.78 is 0. The molecule has 0 saturated carbocycles. The summed E-state index contributed by atoms with van der Waals surface area (Å²) in [5.74, 6) is -1.12. The van der Waals surface area contributed by atoms with Gasteiger partial charge in [-0.1, -0.05) is 37.3 Å². The monoisotopic (exact) mass is 317 g/mol. The van der Waals surface area contributed by atoms with Gasteiger partial charge in [0, 0.05) is 26.6 Å². The van der Waals surface area contributed by atoms with E-state index in [1.54, 1.807) is 11.9 Å². The third-order valence-electron chi connectivity index (χ3n) is 4.18. The Balaban J connectivity index is 2.07. The summed E-state index contributed by atoms with van der Waals surface area (Å²) in [5, 5.41) is 5.48. The van der Waals surface area contributed by atoms with E-state index >= 15 is 0 Å². The second-order valence-corrected chi connectivity index (χ2v) is 5.66. The predicted octanol–water partition coefficient (Wildman–Crippen LogP) is 0.848. The molecule has 1 saturated heterocycles. The smallest absolute Gasteiger partial charge is 0.232 e. The maximum absolute atomic E-state index is 12.2. The largest absolute Gasteiger partial charge is 0.355 e. The molecule has 6 nitrogen and oxygen atoms in total. The van der Waals surface area contributed by atoms with Crippen LogP contribution >= 0.6 is 0 Å². The van der Waals surface area contributed by atoms with Gasteiger partial charge in [-0.2, -0.15) is 0 Å². The molecule has 1 aromatic rings. The number of rotatable bonds is 6. The van der Waals surface area contributed by atoms with Gasteiger partial charge in [0.25, 0.3) is 0 Å². The van der Waals surface area contributed by atoms with E-state index in [1.165, 1.54) is 0 Å². The first-order valence-corrected chi connectivity index (χ1v) is 7.90. The van der Waals surface area contributed by atoms with E-state index in [4.69, 9.17) is 0 Å². The van der Waals surface area contributed by atoms with Gasteiger partial charge in [0.1, 0.15) is 5.92 Å². The van der Waals surface area contributed by atoms with E-state index in [9.17, 15) is 14.4 Å². The van der Waals surface area contributed by atoms with Crippen molar-refractivity contribution in [1.29, 1.82) is 0 Å². The van der Waals surface area contributed by atoms with Crippen LogP contribution in [0.15, 0.2) is 30.3 Å². The molecular formula is C17H23N3O3. The molecule has 1 aliphatic heterocycles. The van der Waals surface area contributed by atoms with Gasteiger partial charge in [-0.25, -0.2) is 0 Å². The van der Waals surface area contributed by atoms with E-state index < -0.39 is 5.92 Å². The first kappa shape index (κ1) is 17.0. The molecule has 2 atom stereocenters. The molecule has 0 aromatic heterocycles. The highest BCUT2D eigenvalue weighted by Gasteiger charge is 2.31. The Bertz CT molecular complexity index is 574. The zero-order valence-electron chi connectivity index (χ0n) is 13.5. The number of benzene rings is 1. The second kappa shape index (κ2) is 7.76. The third-order valence-corrected chi connectivity index (χ3v) is 4.18. The highest BCUT2D eigenvalue weighted by Crippen LogP contribution is 2.20. The van der Waals surface area contributed by atoms with Crippen LogP contribution in [-0.4, -0.2) is 42.8 Å². The Labute approximate surface area is 136 Å². The zero-order chi connectivity index (χ0) is 16.8. The maximum atomic E-state index is 12.2. The van der Waals surface area contributed by atoms with Crippen molar-refractivity contribution in [2.24, 2.45) is 5.92 Å². The summed E-state index contributed by atoms with van der Waals surface area (Å²) in [7, 11) is 1.73. The fourth-order valence-corrected chi connectivity index (χ4v) is 2.74. The lowest BCUT2D eigenvalue weighted by Gasteiger charge is -2.29.